The fourth-order valence-corrected chi connectivity index (χ4v) is 3.64. The largest absolute Gasteiger partial charge is 0.388 e. The van der Waals surface area contributed by atoms with E-state index in [-0.39, 0.29) is 0 Å². The molecule has 19 heavy (non-hydrogen) atoms. The van der Waals surface area contributed by atoms with Crippen LogP contribution < -0.4 is 0 Å². The molecule has 1 heterocycles. The minimum Gasteiger partial charge on any atom is -0.388 e. The maximum absolute atomic E-state index is 10.2. The van der Waals surface area contributed by atoms with Crippen molar-refractivity contribution in [2.45, 2.75) is 32.8 Å². The minimum atomic E-state index is -0.418. The van der Waals surface area contributed by atoms with E-state index < -0.39 is 6.10 Å². The van der Waals surface area contributed by atoms with Gasteiger partial charge in [0.05, 0.1) is 9.89 Å². The van der Waals surface area contributed by atoms with Crippen LogP contribution in [0.15, 0.2) is 40.2 Å². The number of hydrogen-bond donors (Lipinski definition) is 1. The summed E-state index contributed by atoms with van der Waals surface area (Å²) in [5.41, 5.74) is 2.34. The van der Waals surface area contributed by atoms with Gasteiger partial charge in [0.15, 0.2) is 0 Å². The second-order valence-electron chi connectivity index (χ2n) is 5.27. The summed E-state index contributed by atoms with van der Waals surface area (Å²) in [5, 5.41) is 10.2. The van der Waals surface area contributed by atoms with Crippen LogP contribution in [0.3, 0.4) is 0 Å². The molecule has 1 nitrogen and oxygen atoms in total. The Kier molecular flexibility index (Phi) is 5.20. The topological polar surface area (TPSA) is 20.2 Å². The van der Waals surface area contributed by atoms with Crippen molar-refractivity contribution in [2.75, 3.05) is 0 Å². The first-order valence-corrected chi connectivity index (χ1v) is 8.16. The fourth-order valence-electron chi connectivity index (χ4n) is 2.12. The van der Waals surface area contributed by atoms with E-state index in [0.29, 0.717) is 12.3 Å². The molecule has 0 aliphatic heterocycles. The molecular weight excluding hydrogens is 320 g/mol. The highest BCUT2D eigenvalue weighted by atomic mass is 79.9. The molecule has 0 radical (unpaired) electrons. The van der Waals surface area contributed by atoms with Crippen molar-refractivity contribution in [3.8, 4) is 0 Å². The van der Waals surface area contributed by atoms with Crippen molar-refractivity contribution in [1.29, 1.82) is 0 Å². The van der Waals surface area contributed by atoms with E-state index in [0.717, 1.165) is 15.8 Å². The minimum absolute atomic E-state index is 0.418. The van der Waals surface area contributed by atoms with Crippen LogP contribution in [0.4, 0.5) is 0 Å². The monoisotopic (exact) mass is 338 g/mol. The van der Waals surface area contributed by atoms with E-state index in [1.54, 1.807) is 11.3 Å². The van der Waals surface area contributed by atoms with Gasteiger partial charge in [0.2, 0.25) is 0 Å². The molecule has 3 heteroatoms. The maximum Gasteiger partial charge on any atom is 0.0838 e. The first-order valence-electron chi connectivity index (χ1n) is 6.55. The second kappa shape index (κ2) is 6.69. The average Bonchev–Trinajstić information content (AvgIpc) is 2.75. The molecule has 1 atom stereocenters. The van der Waals surface area contributed by atoms with Gasteiger partial charge in [-0.1, -0.05) is 38.1 Å². The molecule has 0 aliphatic carbocycles. The van der Waals surface area contributed by atoms with Crippen LogP contribution in [0.1, 0.15) is 36.0 Å². The van der Waals surface area contributed by atoms with Crippen LogP contribution in [-0.2, 0) is 12.8 Å². The van der Waals surface area contributed by atoms with Crippen molar-refractivity contribution in [3.05, 3.63) is 56.2 Å². The highest BCUT2D eigenvalue weighted by Crippen LogP contribution is 2.27. The van der Waals surface area contributed by atoms with Gasteiger partial charge in [0.25, 0.3) is 0 Å². The summed E-state index contributed by atoms with van der Waals surface area (Å²) in [6.45, 7) is 4.44. The number of aliphatic hydroxyl groups excluding tert-OH is 1. The highest BCUT2D eigenvalue weighted by Gasteiger charge is 2.10. The number of halogens is 1. The van der Waals surface area contributed by atoms with Gasteiger partial charge in [0, 0.05) is 11.3 Å². The number of rotatable bonds is 5. The van der Waals surface area contributed by atoms with Crippen molar-refractivity contribution < 1.29 is 5.11 Å². The summed E-state index contributed by atoms with van der Waals surface area (Å²) >= 11 is 5.13. The Labute approximate surface area is 127 Å². The molecule has 0 spiro atoms. The molecule has 1 aromatic carbocycles. The van der Waals surface area contributed by atoms with Crippen LogP contribution in [0.2, 0.25) is 0 Å². The van der Waals surface area contributed by atoms with Crippen molar-refractivity contribution in [1.82, 2.24) is 0 Å². The molecule has 1 unspecified atom stereocenters. The Morgan fingerprint density at radius 3 is 2.26 bits per heavy atom. The van der Waals surface area contributed by atoms with Crippen molar-refractivity contribution >= 4 is 27.3 Å². The molecule has 2 aromatic rings. The summed E-state index contributed by atoms with van der Waals surface area (Å²) in [4.78, 5) is 1.20. The average molecular weight is 339 g/mol. The number of benzene rings is 1. The zero-order chi connectivity index (χ0) is 13.8. The smallest absolute Gasteiger partial charge is 0.0838 e. The molecule has 1 N–H and O–H groups in total. The zero-order valence-corrected chi connectivity index (χ0v) is 13.7. The first-order chi connectivity index (χ1) is 9.04. The Bertz CT molecular complexity index is 516. The van der Waals surface area contributed by atoms with Crippen molar-refractivity contribution in [3.63, 3.8) is 0 Å². The predicted molar refractivity (Wildman–Crippen MR) is 85.7 cm³/mol. The molecule has 2 rings (SSSR count). The molecule has 102 valence electrons. The van der Waals surface area contributed by atoms with Gasteiger partial charge in [-0.3, -0.25) is 0 Å². The second-order valence-corrected chi connectivity index (χ2v) is 7.81. The van der Waals surface area contributed by atoms with Gasteiger partial charge in [-0.15, -0.1) is 11.3 Å². The lowest BCUT2D eigenvalue weighted by atomic mass is 9.99. The molecule has 0 saturated heterocycles. The van der Waals surface area contributed by atoms with E-state index in [1.165, 1.54) is 10.4 Å². The Morgan fingerprint density at radius 2 is 1.74 bits per heavy atom. The molecule has 0 amide bonds. The third-order valence-corrected chi connectivity index (χ3v) is 4.68. The molecule has 0 fully saturated rings. The summed E-state index contributed by atoms with van der Waals surface area (Å²) in [6, 6.07) is 12.4. The summed E-state index contributed by atoms with van der Waals surface area (Å²) in [6.07, 6.45) is 1.35. The lowest BCUT2D eigenvalue weighted by molar-refractivity contribution is 0.179. The third-order valence-electron chi connectivity index (χ3n) is 3.03. The highest BCUT2D eigenvalue weighted by molar-refractivity contribution is 9.11. The lowest BCUT2D eigenvalue weighted by Crippen LogP contribution is -2.01. The predicted octanol–water partition coefficient (Wildman–Crippen LogP) is 4.99. The quantitative estimate of drug-likeness (QED) is 0.814. The van der Waals surface area contributed by atoms with E-state index >= 15 is 0 Å². The standard InChI is InChI=1S/C16H19BrOS/c1-11(2)9-12-3-5-13(6-4-12)15(18)10-14-7-8-16(17)19-14/h3-8,11,15,18H,9-10H2,1-2H3. The lowest BCUT2D eigenvalue weighted by Gasteiger charge is -2.11. The fraction of sp³-hybridized carbons (Fsp3) is 0.375. The van der Waals surface area contributed by atoms with E-state index in [1.807, 2.05) is 18.2 Å². The van der Waals surface area contributed by atoms with Gasteiger partial charge in [-0.05, 0) is 51.5 Å². The van der Waals surface area contributed by atoms with Crippen LogP contribution in [0.25, 0.3) is 0 Å². The molecule has 1 aromatic heterocycles. The number of hydrogen-bond acceptors (Lipinski definition) is 2. The Hall–Kier alpha value is -0.640. The van der Waals surface area contributed by atoms with Gasteiger partial charge < -0.3 is 5.11 Å². The van der Waals surface area contributed by atoms with Gasteiger partial charge in [-0.25, -0.2) is 0 Å². The van der Waals surface area contributed by atoms with Crippen LogP contribution in [0, 0.1) is 5.92 Å². The van der Waals surface area contributed by atoms with Crippen LogP contribution in [-0.4, -0.2) is 5.11 Å². The van der Waals surface area contributed by atoms with Gasteiger partial charge >= 0.3 is 0 Å². The van der Waals surface area contributed by atoms with Gasteiger partial charge in [0.1, 0.15) is 0 Å². The SMILES string of the molecule is CC(C)Cc1ccc(C(O)Cc2ccc(Br)s2)cc1. The number of thiophene rings is 1. The Morgan fingerprint density at radius 1 is 1.05 bits per heavy atom. The van der Waals surface area contributed by atoms with Crippen molar-refractivity contribution in [2.24, 2.45) is 5.92 Å². The van der Waals surface area contributed by atoms with E-state index in [9.17, 15) is 5.11 Å². The van der Waals surface area contributed by atoms with Crippen LogP contribution in [0.5, 0.6) is 0 Å². The normalized spacial score (nSPS) is 12.9. The molecule has 0 saturated carbocycles. The Balaban J connectivity index is 2.01. The molecule has 0 aliphatic rings. The van der Waals surface area contributed by atoms with Crippen LogP contribution >= 0.6 is 27.3 Å². The summed E-state index contributed by atoms with van der Waals surface area (Å²) in [5.74, 6) is 0.666. The van der Waals surface area contributed by atoms with E-state index in [4.69, 9.17) is 0 Å². The summed E-state index contributed by atoms with van der Waals surface area (Å²) in [7, 11) is 0. The third kappa shape index (κ3) is 4.44. The summed E-state index contributed by atoms with van der Waals surface area (Å²) < 4.78 is 1.11. The zero-order valence-electron chi connectivity index (χ0n) is 11.3. The van der Waals surface area contributed by atoms with Gasteiger partial charge in [-0.2, -0.15) is 0 Å². The first kappa shape index (κ1) is 14.8. The maximum atomic E-state index is 10.2. The number of aliphatic hydroxyl groups is 1. The molecular formula is C16H19BrOS. The molecule has 0 bridgehead atoms. The van der Waals surface area contributed by atoms with E-state index in [2.05, 4.69) is 48.0 Å².